The van der Waals surface area contributed by atoms with Crippen LogP contribution in [0.5, 0.6) is 0 Å². The lowest BCUT2D eigenvalue weighted by molar-refractivity contribution is -0.131. The molecular weight excluding hydrogens is 258 g/mol. The highest BCUT2D eigenvalue weighted by Crippen LogP contribution is 2.20. The highest BCUT2D eigenvalue weighted by atomic mass is 16.4. The van der Waals surface area contributed by atoms with Crippen molar-refractivity contribution in [2.24, 2.45) is 5.73 Å². The molecule has 0 saturated heterocycles. The first-order chi connectivity index (χ1) is 8.73. The second-order valence-electron chi connectivity index (χ2n) is 3.75. The maximum absolute atomic E-state index is 10.8. The minimum atomic E-state index is -1.97. The first kappa shape index (κ1) is 14.6. The number of aliphatic hydroxyl groups excluding tert-OH is 2. The normalized spacial score (nSPS) is 13.6. The van der Waals surface area contributed by atoms with Gasteiger partial charge in [-0.05, 0) is 23.8 Å². The monoisotopic (exact) mass is 269 g/mol. The van der Waals surface area contributed by atoms with Crippen LogP contribution < -0.4 is 5.73 Å². The maximum atomic E-state index is 10.8. The average Bonchev–Trinajstić information content (AvgIpc) is 2.36. The summed E-state index contributed by atoms with van der Waals surface area (Å²) in [6.45, 7) is 0. The third-order valence-electron chi connectivity index (χ3n) is 2.38. The number of primary amides is 1. The number of rotatable bonds is 5. The molecule has 0 radical (unpaired) electrons. The van der Waals surface area contributed by atoms with E-state index in [9.17, 15) is 24.6 Å². The minimum absolute atomic E-state index is 0.233. The van der Waals surface area contributed by atoms with Crippen molar-refractivity contribution in [2.45, 2.75) is 12.2 Å². The number of amides is 1. The smallest absolute Gasteiger partial charge is 0.335 e. The van der Waals surface area contributed by atoms with E-state index in [1.165, 1.54) is 0 Å². The van der Waals surface area contributed by atoms with E-state index < -0.39 is 41.2 Å². The summed E-state index contributed by atoms with van der Waals surface area (Å²) < 4.78 is 0. The Labute approximate surface area is 106 Å². The van der Waals surface area contributed by atoms with Crippen molar-refractivity contribution in [2.75, 3.05) is 0 Å². The van der Waals surface area contributed by atoms with Gasteiger partial charge in [0.1, 0.15) is 6.10 Å². The fraction of sp³-hybridized carbons (Fsp3) is 0.182. The number of nitrogens with two attached hydrogens (primary N) is 1. The molecule has 0 aromatic heterocycles. The molecule has 1 aromatic rings. The Balaban J connectivity index is 3.30. The summed E-state index contributed by atoms with van der Waals surface area (Å²) >= 11 is 0. The van der Waals surface area contributed by atoms with Crippen LogP contribution in [0.25, 0.3) is 0 Å². The zero-order valence-electron chi connectivity index (χ0n) is 9.48. The summed E-state index contributed by atoms with van der Waals surface area (Å²) in [6.07, 6.45) is -3.78. The molecule has 1 aromatic carbocycles. The summed E-state index contributed by atoms with van der Waals surface area (Å²) in [5.41, 5.74) is 3.76. The van der Waals surface area contributed by atoms with Gasteiger partial charge in [-0.3, -0.25) is 4.79 Å². The van der Waals surface area contributed by atoms with Crippen molar-refractivity contribution in [3.8, 4) is 0 Å². The molecule has 1 amide bonds. The third-order valence-corrected chi connectivity index (χ3v) is 2.38. The van der Waals surface area contributed by atoms with E-state index in [0.29, 0.717) is 0 Å². The molecule has 0 spiro atoms. The zero-order valence-corrected chi connectivity index (χ0v) is 9.48. The van der Waals surface area contributed by atoms with Crippen LogP contribution in [0.4, 0.5) is 0 Å². The van der Waals surface area contributed by atoms with E-state index in [1.54, 1.807) is 0 Å². The summed E-state index contributed by atoms with van der Waals surface area (Å²) in [7, 11) is 0. The largest absolute Gasteiger partial charge is 0.478 e. The topological polar surface area (TPSA) is 158 Å². The maximum Gasteiger partial charge on any atom is 0.335 e. The first-order valence-corrected chi connectivity index (χ1v) is 5.01. The van der Waals surface area contributed by atoms with Gasteiger partial charge in [0.2, 0.25) is 5.91 Å². The lowest BCUT2D eigenvalue weighted by atomic mass is 9.98. The van der Waals surface area contributed by atoms with Crippen LogP contribution in [0.3, 0.4) is 0 Å². The summed E-state index contributed by atoms with van der Waals surface area (Å²) in [4.78, 5) is 32.4. The molecule has 0 bridgehead atoms. The van der Waals surface area contributed by atoms with Gasteiger partial charge in [-0.2, -0.15) is 0 Å². The van der Waals surface area contributed by atoms with Gasteiger partial charge in [0.25, 0.3) is 0 Å². The van der Waals surface area contributed by atoms with E-state index >= 15 is 0 Å². The SMILES string of the molecule is NC(=O)C(O)C(O)c1cc(C(=O)O)cc(C(=O)O)c1. The number of benzene rings is 1. The first-order valence-electron chi connectivity index (χ1n) is 5.01. The fourth-order valence-electron chi connectivity index (χ4n) is 1.41. The molecule has 102 valence electrons. The van der Waals surface area contributed by atoms with Crippen molar-refractivity contribution >= 4 is 17.8 Å². The molecule has 0 aliphatic heterocycles. The van der Waals surface area contributed by atoms with Crippen molar-refractivity contribution < 1.29 is 34.8 Å². The van der Waals surface area contributed by atoms with Gasteiger partial charge in [0, 0.05) is 0 Å². The van der Waals surface area contributed by atoms with Crippen molar-refractivity contribution in [3.05, 3.63) is 34.9 Å². The highest BCUT2D eigenvalue weighted by molar-refractivity contribution is 5.94. The minimum Gasteiger partial charge on any atom is -0.478 e. The second kappa shape index (κ2) is 5.46. The van der Waals surface area contributed by atoms with Gasteiger partial charge in [-0.1, -0.05) is 0 Å². The molecule has 1 rings (SSSR count). The molecule has 8 nitrogen and oxygen atoms in total. The standard InChI is InChI=1S/C11H11NO7/c12-9(15)8(14)7(13)4-1-5(10(16)17)3-6(2-4)11(18)19/h1-3,7-8,13-14H,(H2,12,15)(H,16,17)(H,18,19). The predicted octanol–water partition coefficient (Wildman–Crippen LogP) is -1.04. The molecule has 0 fully saturated rings. The summed E-state index contributed by atoms with van der Waals surface area (Å²) in [6, 6.07) is 2.79. The predicted molar refractivity (Wildman–Crippen MR) is 60.5 cm³/mol. The molecule has 2 atom stereocenters. The van der Waals surface area contributed by atoms with Crippen molar-refractivity contribution in [1.82, 2.24) is 0 Å². The molecule has 0 aliphatic carbocycles. The van der Waals surface area contributed by atoms with Crippen molar-refractivity contribution in [1.29, 1.82) is 0 Å². The van der Waals surface area contributed by atoms with Gasteiger partial charge >= 0.3 is 11.9 Å². The Morgan fingerprint density at radius 1 is 0.947 bits per heavy atom. The van der Waals surface area contributed by atoms with Crippen LogP contribution in [-0.2, 0) is 4.79 Å². The van der Waals surface area contributed by atoms with Crippen LogP contribution >= 0.6 is 0 Å². The molecule has 2 unspecified atom stereocenters. The molecule has 0 heterocycles. The number of aromatic carboxylic acids is 2. The summed E-state index contributed by atoms with van der Waals surface area (Å²) in [5, 5.41) is 36.6. The van der Waals surface area contributed by atoms with Crippen LogP contribution in [0.15, 0.2) is 18.2 Å². The van der Waals surface area contributed by atoms with E-state index in [4.69, 9.17) is 15.9 Å². The fourth-order valence-corrected chi connectivity index (χ4v) is 1.41. The second-order valence-corrected chi connectivity index (χ2v) is 3.75. The van der Waals surface area contributed by atoms with E-state index in [2.05, 4.69) is 0 Å². The number of aliphatic hydroxyl groups is 2. The van der Waals surface area contributed by atoms with Crippen LogP contribution in [0, 0.1) is 0 Å². The Morgan fingerprint density at radius 3 is 1.68 bits per heavy atom. The Morgan fingerprint density at radius 2 is 1.37 bits per heavy atom. The number of carbonyl (C=O) groups is 3. The van der Waals surface area contributed by atoms with Crippen LogP contribution in [0.2, 0.25) is 0 Å². The molecular formula is C11H11NO7. The lowest BCUT2D eigenvalue weighted by Gasteiger charge is -2.16. The van der Waals surface area contributed by atoms with Gasteiger partial charge in [0.15, 0.2) is 6.10 Å². The number of carbonyl (C=O) groups excluding carboxylic acids is 1. The molecule has 19 heavy (non-hydrogen) atoms. The highest BCUT2D eigenvalue weighted by Gasteiger charge is 2.25. The van der Waals surface area contributed by atoms with E-state index in [1.807, 2.05) is 0 Å². The van der Waals surface area contributed by atoms with Crippen molar-refractivity contribution in [3.63, 3.8) is 0 Å². The van der Waals surface area contributed by atoms with Gasteiger partial charge in [-0.25, -0.2) is 9.59 Å². The molecule has 0 saturated carbocycles. The molecule has 0 aliphatic rings. The number of carboxylic acid groups (broad SMARTS) is 2. The quantitative estimate of drug-likeness (QED) is 0.456. The Bertz CT molecular complexity index is 508. The van der Waals surface area contributed by atoms with Crippen LogP contribution in [0.1, 0.15) is 32.4 Å². The average molecular weight is 269 g/mol. The zero-order chi connectivity index (χ0) is 14.7. The van der Waals surface area contributed by atoms with E-state index in [-0.39, 0.29) is 5.56 Å². The van der Waals surface area contributed by atoms with Gasteiger partial charge < -0.3 is 26.2 Å². The molecule has 8 heteroatoms. The number of carboxylic acids is 2. The third kappa shape index (κ3) is 3.27. The summed E-state index contributed by atoms with van der Waals surface area (Å²) in [5.74, 6) is -4.04. The lowest BCUT2D eigenvalue weighted by Crippen LogP contribution is -2.34. The van der Waals surface area contributed by atoms with Crippen LogP contribution in [-0.4, -0.2) is 44.4 Å². The molecule has 6 N–H and O–H groups in total. The number of hydrogen-bond donors (Lipinski definition) is 5. The Kier molecular flexibility index (Phi) is 4.20. The number of hydrogen-bond acceptors (Lipinski definition) is 5. The van der Waals surface area contributed by atoms with E-state index in [0.717, 1.165) is 18.2 Å². The van der Waals surface area contributed by atoms with Gasteiger partial charge in [0.05, 0.1) is 11.1 Å². The Hall–Kier alpha value is -2.45. The van der Waals surface area contributed by atoms with Gasteiger partial charge in [-0.15, -0.1) is 0 Å².